The van der Waals surface area contributed by atoms with Crippen LogP contribution < -0.4 is 4.90 Å². The van der Waals surface area contributed by atoms with Crippen molar-refractivity contribution in [1.82, 2.24) is 24.6 Å². The van der Waals surface area contributed by atoms with Crippen molar-refractivity contribution in [3.8, 4) is 11.8 Å². The van der Waals surface area contributed by atoms with Gasteiger partial charge in [0.2, 0.25) is 0 Å². The van der Waals surface area contributed by atoms with E-state index >= 15 is 0 Å². The van der Waals surface area contributed by atoms with Crippen LogP contribution in [0.4, 0.5) is 24.7 Å². The van der Waals surface area contributed by atoms with Crippen molar-refractivity contribution in [2.24, 2.45) is 5.92 Å². The predicted octanol–water partition coefficient (Wildman–Crippen LogP) is 4.28. The summed E-state index contributed by atoms with van der Waals surface area (Å²) in [4.78, 5) is 10.0. The minimum Gasteiger partial charge on any atom is -0.320 e. The molecule has 1 aliphatic rings. The van der Waals surface area contributed by atoms with Crippen molar-refractivity contribution in [3.05, 3.63) is 53.9 Å². The monoisotopic (exact) mass is 422 g/mol. The first-order valence-corrected chi connectivity index (χ1v) is 9.84. The standard InChI is InChI=1S/C22H17F3N6/c1-13-28-29-22-27-21(18-10-15(23)5-7-19(18)31(13)22)30(12-20(24)25)17-8-9-26-16(11-17)6-4-14-2-3-14/h5,7-11,14,20H,2-3,12H2,1H3. The van der Waals surface area contributed by atoms with Gasteiger partial charge in [-0.3, -0.25) is 4.40 Å². The van der Waals surface area contributed by atoms with Gasteiger partial charge in [0.1, 0.15) is 23.2 Å². The highest BCUT2D eigenvalue weighted by atomic mass is 19.3. The van der Waals surface area contributed by atoms with Crippen molar-refractivity contribution in [1.29, 1.82) is 0 Å². The van der Waals surface area contributed by atoms with Gasteiger partial charge in [0.15, 0.2) is 0 Å². The summed E-state index contributed by atoms with van der Waals surface area (Å²) in [6.45, 7) is 1.11. The second-order valence-electron chi connectivity index (χ2n) is 7.42. The van der Waals surface area contributed by atoms with E-state index in [4.69, 9.17) is 0 Å². The summed E-state index contributed by atoms with van der Waals surface area (Å²) < 4.78 is 43.0. The number of hydrogen-bond acceptors (Lipinski definition) is 5. The second-order valence-corrected chi connectivity index (χ2v) is 7.42. The zero-order chi connectivity index (χ0) is 21.5. The number of halogens is 3. The van der Waals surface area contributed by atoms with E-state index in [0.717, 1.165) is 12.8 Å². The van der Waals surface area contributed by atoms with Crippen LogP contribution in [0, 0.1) is 30.5 Å². The molecule has 1 saturated carbocycles. The largest absolute Gasteiger partial charge is 0.320 e. The average molecular weight is 422 g/mol. The van der Waals surface area contributed by atoms with E-state index in [1.807, 2.05) is 0 Å². The Hall–Kier alpha value is -3.67. The molecule has 0 atom stereocenters. The lowest BCUT2D eigenvalue weighted by molar-refractivity contribution is 0.158. The van der Waals surface area contributed by atoms with Crippen molar-refractivity contribution in [2.75, 3.05) is 11.4 Å². The van der Waals surface area contributed by atoms with Gasteiger partial charge in [-0.1, -0.05) is 5.92 Å². The van der Waals surface area contributed by atoms with Gasteiger partial charge in [0, 0.05) is 23.2 Å². The quantitative estimate of drug-likeness (QED) is 0.460. The molecule has 0 bridgehead atoms. The molecule has 0 unspecified atom stereocenters. The summed E-state index contributed by atoms with van der Waals surface area (Å²) in [6.07, 6.45) is 1.01. The van der Waals surface area contributed by atoms with Crippen LogP contribution in [0.25, 0.3) is 16.7 Å². The smallest absolute Gasteiger partial charge is 0.257 e. The summed E-state index contributed by atoms with van der Waals surface area (Å²) in [7, 11) is 0. The minimum absolute atomic E-state index is 0.169. The number of rotatable bonds is 4. The fourth-order valence-corrected chi connectivity index (χ4v) is 3.46. The maximum atomic E-state index is 14.2. The normalized spacial score (nSPS) is 13.6. The Balaban J connectivity index is 1.71. The topological polar surface area (TPSA) is 59.2 Å². The molecule has 0 spiro atoms. The van der Waals surface area contributed by atoms with Gasteiger partial charge >= 0.3 is 0 Å². The molecule has 3 aromatic heterocycles. The first-order valence-electron chi connectivity index (χ1n) is 9.84. The SMILES string of the molecule is Cc1nnc2nc(N(CC(F)F)c3ccnc(C#CC4CC4)c3)c3cc(F)ccc3n12. The molecule has 1 aliphatic carbocycles. The van der Waals surface area contributed by atoms with E-state index in [9.17, 15) is 13.2 Å². The van der Waals surface area contributed by atoms with Gasteiger partial charge < -0.3 is 4.90 Å². The van der Waals surface area contributed by atoms with E-state index in [2.05, 4.69) is 32.0 Å². The zero-order valence-corrected chi connectivity index (χ0v) is 16.6. The third-order valence-corrected chi connectivity index (χ3v) is 5.07. The number of aryl methyl sites for hydroxylation is 1. The lowest BCUT2D eigenvalue weighted by Crippen LogP contribution is -2.25. The summed E-state index contributed by atoms with van der Waals surface area (Å²) in [5, 5.41) is 8.44. The molecule has 3 heterocycles. The lowest BCUT2D eigenvalue weighted by atomic mass is 10.2. The molecule has 9 heteroatoms. The van der Waals surface area contributed by atoms with Crippen LogP contribution in [-0.4, -0.2) is 37.5 Å². The minimum atomic E-state index is -2.66. The fraction of sp³-hybridized carbons (Fsp3) is 0.273. The van der Waals surface area contributed by atoms with Crippen LogP contribution in [0.1, 0.15) is 24.4 Å². The summed E-state index contributed by atoms with van der Waals surface area (Å²) >= 11 is 0. The number of benzene rings is 1. The number of aromatic nitrogens is 5. The number of anilines is 2. The number of hydrogen-bond donors (Lipinski definition) is 0. The van der Waals surface area contributed by atoms with E-state index in [1.54, 1.807) is 29.5 Å². The molecule has 1 aromatic carbocycles. The maximum absolute atomic E-state index is 14.2. The van der Waals surface area contributed by atoms with E-state index < -0.39 is 18.8 Å². The van der Waals surface area contributed by atoms with Gasteiger partial charge in [-0.15, -0.1) is 10.2 Å². The first-order chi connectivity index (χ1) is 15.0. The van der Waals surface area contributed by atoms with E-state index in [1.165, 1.54) is 23.2 Å². The zero-order valence-electron chi connectivity index (χ0n) is 16.6. The lowest BCUT2D eigenvalue weighted by Gasteiger charge is -2.25. The fourth-order valence-electron chi connectivity index (χ4n) is 3.46. The number of fused-ring (bicyclic) bond motifs is 3. The summed E-state index contributed by atoms with van der Waals surface area (Å²) in [5.74, 6) is 6.98. The third-order valence-electron chi connectivity index (χ3n) is 5.07. The highest BCUT2D eigenvalue weighted by Gasteiger charge is 2.22. The molecule has 0 amide bonds. The highest BCUT2D eigenvalue weighted by molar-refractivity contribution is 5.93. The molecule has 0 N–H and O–H groups in total. The molecule has 156 valence electrons. The first kappa shape index (κ1) is 19.3. The molecule has 31 heavy (non-hydrogen) atoms. The van der Waals surface area contributed by atoms with Gasteiger partial charge in [0.05, 0.1) is 12.1 Å². The Morgan fingerprint density at radius 3 is 2.81 bits per heavy atom. The van der Waals surface area contributed by atoms with Crippen LogP contribution in [0.2, 0.25) is 0 Å². The molecule has 4 aromatic rings. The van der Waals surface area contributed by atoms with Crippen LogP contribution in [-0.2, 0) is 0 Å². The van der Waals surface area contributed by atoms with Gasteiger partial charge in [-0.2, -0.15) is 4.98 Å². The molecule has 6 nitrogen and oxygen atoms in total. The Kier molecular flexibility index (Phi) is 4.70. The number of alkyl halides is 2. The second kappa shape index (κ2) is 7.54. The molecule has 0 saturated heterocycles. The molecule has 0 aliphatic heterocycles. The van der Waals surface area contributed by atoms with Gasteiger partial charge in [-0.05, 0) is 56.0 Å². The van der Waals surface area contributed by atoms with Crippen molar-refractivity contribution in [2.45, 2.75) is 26.2 Å². The van der Waals surface area contributed by atoms with Gasteiger partial charge in [-0.25, -0.2) is 18.2 Å². The molecule has 5 rings (SSSR count). The predicted molar refractivity (Wildman–Crippen MR) is 110 cm³/mol. The molecule has 1 fully saturated rings. The molecular formula is C22H17F3N6. The third kappa shape index (κ3) is 3.77. The van der Waals surface area contributed by atoms with Crippen LogP contribution in [0.5, 0.6) is 0 Å². The van der Waals surface area contributed by atoms with Crippen LogP contribution in [0.15, 0.2) is 36.5 Å². The number of pyridine rings is 1. The van der Waals surface area contributed by atoms with Crippen molar-refractivity contribution < 1.29 is 13.2 Å². The van der Waals surface area contributed by atoms with E-state index in [0.29, 0.717) is 34.0 Å². The highest BCUT2D eigenvalue weighted by Crippen LogP contribution is 2.33. The Bertz CT molecular complexity index is 1350. The average Bonchev–Trinajstić information content (AvgIpc) is 3.51. The van der Waals surface area contributed by atoms with Crippen LogP contribution in [0.3, 0.4) is 0 Å². The Morgan fingerprint density at radius 1 is 1.19 bits per heavy atom. The van der Waals surface area contributed by atoms with Crippen molar-refractivity contribution >= 4 is 28.2 Å². The number of nitrogens with zero attached hydrogens (tertiary/aromatic N) is 6. The van der Waals surface area contributed by atoms with Crippen LogP contribution >= 0.6 is 0 Å². The maximum Gasteiger partial charge on any atom is 0.257 e. The Labute approximate surface area is 175 Å². The summed E-state index contributed by atoms with van der Waals surface area (Å²) in [6, 6.07) is 7.41. The molecule has 0 radical (unpaired) electrons. The van der Waals surface area contributed by atoms with Gasteiger partial charge in [0.25, 0.3) is 12.2 Å². The van der Waals surface area contributed by atoms with E-state index in [-0.39, 0.29) is 11.6 Å². The Morgan fingerprint density at radius 2 is 2.03 bits per heavy atom. The van der Waals surface area contributed by atoms with Crippen molar-refractivity contribution in [3.63, 3.8) is 0 Å². The molecular weight excluding hydrogens is 405 g/mol. The summed E-state index contributed by atoms with van der Waals surface area (Å²) in [5.41, 5.74) is 1.50.